The van der Waals surface area contributed by atoms with Crippen LogP contribution in [0, 0.1) is 36.5 Å². The van der Waals surface area contributed by atoms with Crippen LogP contribution in [0.4, 0.5) is 0 Å². The lowest BCUT2D eigenvalue weighted by Crippen LogP contribution is -1.95. The van der Waals surface area contributed by atoms with Gasteiger partial charge < -0.3 is 18.9 Å². The van der Waals surface area contributed by atoms with Crippen LogP contribution in [-0.4, -0.2) is 28.4 Å². The molecule has 0 spiro atoms. The first-order chi connectivity index (χ1) is 18.4. The Morgan fingerprint density at radius 3 is 1.76 bits per heavy atom. The Labute approximate surface area is 224 Å². The van der Waals surface area contributed by atoms with Crippen molar-refractivity contribution in [2.75, 3.05) is 28.4 Å². The van der Waals surface area contributed by atoms with Gasteiger partial charge in [0, 0.05) is 28.8 Å². The third-order valence-electron chi connectivity index (χ3n) is 6.34. The lowest BCUT2D eigenvalue weighted by Gasteiger charge is -2.13. The van der Waals surface area contributed by atoms with Crippen molar-refractivity contribution in [3.05, 3.63) is 76.9 Å². The van der Waals surface area contributed by atoms with Gasteiger partial charge in [0.2, 0.25) is 0 Å². The van der Waals surface area contributed by atoms with E-state index in [1.807, 2.05) is 56.3 Å². The molecule has 0 aromatic heterocycles. The lowest BCUT2D eigenvalue weighted by molar-refractivity contribution is 0.409. The zero-order chi connectivity index (χ0) is 27.7. The van der Waals surface area contributed by atoms with Gasteiger partial charge in [-0.2, -0.15) is 10.5 Å². The molecule has 0 atom stereocenters. The van der Waals surface area contributed by atoms with Crippen molar-refractivity contribution < 1.29 is 18.9 Å². The van der Waals surface area contributed by atoms with E-state index in [-0.39, 0.29) is 0 Å². The van der Waals surface area contributed by atoms with E-state index in [1.165, 1.54) is 6.08 Å². The number of rotatable bonds is 7. The van der Waals surface area contributed by atoms with Gasteiger partial charge in [0.05, 0.1) is 40.6 Å². The molecule has 0 aliphatic carbocycles. The van der Waals surface area contributed by atoms with Crippen molar-refractivity contribution in [1.82, 2.24) is 0 Å². The van der Waals surface area contributed by atoms with E-state index >= 15 is 0 Å². The molecule has 0 aliphatic rings. The first-order valence-corrected chi connectivity index (χ1v) is 12.1. The van der Waals surface area contributed by atoms with Gasteiger partial charge in [-0.15, -0.1) is 0 Å². The average Bonchev–Trinajstić information content (AvgIpc) is 2.94. The Kier molecular flexibility index (Phi) is 9.57. The molecule has 0 saturated heterocycles. The molecule has 0 fully saturated rings. The van der Waals surface area contributed by atoms with Crippen LogP contribution < -0.4 is 18.9 Å². The van der Waals surface area contributed by atoms with E-state index in [0.29, 0.717) is 12.8 Å². The normalized spacial score (nSPS) is 10.4. The molecule has 6 nitrogen and oxygen atoms in total. The Bertz CT molecular complexity index is 1560. The molecule has 4 aromatic rings. The maximum atomic E-state index is 8.73. The standard InChI is InChI=1S/C16H17NO2.C16H15NO2/c2*1-11-6-7-12-10-15(18-2)13(5-4-8-17)9-14(12)16(11)19-3/h6-7,9-10H,4-5H2,1-3H3;4-7,9-10H,1-3H3. The number of aryl methyl sites for hydroxylation is 3. The fourth-order valence-electron chi connectivity index (χ4n) is 4.48. The molecule has 0 amide bonds. The van der Waals surface area contributed by atoms with Gasteiger partial charge in [-0.3, -0.25) is 0 Å². The van der Waals surface area contributed by atoms with Crippen LogP contribution in [0.3, 0.4) is 0 Å². The summed E-state index contributed by atoms with van der Waals surface area (Å²) in [4.78, 5) is 0. The van der Waals surface area contributed by atoms with Crippen LogP contribution in [0.25, 0.3) is 27.6 Å². The van der Waals surface area contributed by atoms with Crippen molar-refractivity contribution in [2.45, 2.75) is 26.7 Å². The summed E-state index contributed by atoms with van der Waals surface area (Å²) in [6.07, 6.45) is 4.34. The second-order valence-electron chi connectivity index (χ2n) is 8.65. The van der Waals surface area contributed by atoms with Gasteiger partial charge in [-0.25, -0.2) is 0 Å². The summed E-state index contributed by atoms with van der Waals surface area (Å²) in [6, 6.07) is 20.3. The van der Waals surface area contributed by atoms with E-state index in [4.69, 9.17) is 29.5 Å². The van der Waals surface area contributed by atoms with E-state index in [2.05, 4.69) is 18.2 Å². The molecule has 194 valence electrons. The topological polar surface area (TPSA) is 84.5 Å². The Morgan fingerprint density at radius 2 is 1.26 bits per heavy atom. The van der Waals surface area contributed by atoms with Crippen molar-refractivity contribution in [1.29, 1.82) is 10.5 Å². The predicted octanol–water partition coefficient (Wildman–Crippen LogP) is 7.32. The number of ether oxygens (including phenoxy) is 4. The maximum Gasteiger partial charge on any atom is 0.129 e. The minimum atomic E-state index is 0.482. The van der Waals surface area contributed by atoms with Gasteiger partial charge >= 0.3 is 0 Å². The highest BCUT2D eigenvalue weighted by molar-refractivity contribution is 5.93. The fourth-order valence-corrected chi connectivity index (χ4v) is 4.48. The Balaban J connectivity index is 0.000000211. The molecule has 0 saturated carbocycles. The lowest BCUT2D eigenvalue weighted by atomic mass is 10.00. The minimum absolute atomic E-state index is 0.482. The number of methoxy groups -OCH3 is 4. The zero-order valence-electron chi connectivity index (χ0n) is 22.7. The third kappa shape index (κ3) is 5.99. The van der Waals surface area contributed by atoms with Gasteiger partial charge in [-0.1, -0.05) is 24.3 Å². The van der Waals surface area contributed by atoms with Gasteiger partial charge in [0.25, 0.3) is 0 Å². The molecule has 0 N–H and O–H groups in total. The summed E-state index contributed by atoms with van der Waals surface area (Å²) in [5.74, 6) is 3.31. The number of fused-ring (bicyclic) bond motifs is 2. The van der Waals surface area contributed by atoms with Crippen LogP contribution in [-0.2, 0) is 6.42 Å². The smallest absolute Gasteiger partial charge is 0.129 e. The number of allylic oxidation sites excluding steroid dienone is 1. The monoisotopic (exact) mass is 508 g/mol. The van der Waals surface area contributed by atoms with Gasteiger partial charge in [0.1, 0.15) is 23.0 Å². The molecule has 4 rings (SSSR count). The number of nitrogens with zero attached hydrogens (tertiary/aromatic N) is 2. The van der Waals surface area contributed by atoms with E-state index in [9.17, 15) is 0 Å². The minimum Gasteiger partial charge on any atom is -0.496 e. The van der Waals surface area contributed by atoms with Crippen molar-refractivity contribution in [3.8, 4) is 35.1 Å². The van der Waals surface area contributed by atoms with Crippen molar-refractivity contribution in [2.24, 2.45) is 0 Å². The van der Waals surface area contributed by atoms with Crippen LogP contribution in [0.5, 0.6) is 23.0 Å². The van der Waals surface area contributed by atoms with Gasteiger partial charge in [-0.05, 0) is 78.1 Å². The Hall–Kier alpha value is -4.68. The quantitative estimate of drug-likeness (QED) is 0.243. The van der Waals surface area contributed by atoms with E-state index in [0.717, 1.165) is 66.8 Å². The largest absolute Gasteiger partial charge is 0.496 e. The first kappa shape index (κ1) is 27.9. The summed E-state index contributed by atoms with van der Waals surface area (Å²) in [6.45, 7) is 4.03. The first-order valence-electron chi connectivity index (χ1n) is 12.1. The molecular formula is C32H32N2O4. The number of hydrogen-bond acceptors (Lipinski definition) is 6. The molecule has 0 unspecified atom stereocenters. The molecule has 0 radical (unpaired) electrons. The third-order valence-corrected chi connectivity index (χ3v) is 6.34. The summed E-state index contributed by atoms with van der Waals surface area (Å²) in [7, 11) is 6.62. The summed E-state index contributed by atoms with van der Waals surface area (Å²) in [5, 5.41) is 21.6. The van der Waals surface area contributed by atoms with Crippen molar-refractivity contribution in [3.63, 3.8) is 0 Å². The molecule has 0 aliphatic heterocycles. The highest BCUT2D eigenvalue weighted by Gasteiger charge is 2.11. The second kappa shape index (κ2) is 13.0. The van der Waals surface area contributed by atoms with Crippen LogP contribution in [0.1, 0.15) is 28.7 Å². The molecule has 0 heterocycles. The number of hydrogen-bond donors (Lipinski definition) is 0. The highest BCUT2D eigenvalue weighted by Crippen LogP contribution is 2.35. The van der Waals surface area contributed by atoms with Gasteiger partial charge in [0.15, 0.2) is 0 Å². The zero-order valence-corrected chi connectivity index (χ0v) is 22.7. The number of nitriles is 2. The molecule has 6 heteroatoms. The fraction of sp³-hybridized carbons (Fsp3) is 0.250. The molecule has 38 heavy (non-hydrogen) atoms. The van der Waals surface area contributed by atoms with Crippen LogP contribution in [0.2, 0.25) is 0 Å². The maximum absolute atomic E-state index is 8.73. The molecular weight excluding hydrogens is 476 g/mol. The number of benzene rings is 4. The molecule has 4 aromatic carbocycles. The summed E-state index contributed by atoms with van der Waals surface area (Å²) < 4.78 is 21.7. The highest BCUT2D eigenvalue weighted by atomic mass is 16.5. The summed E-state index contributed by atoms with van der Waals surface area (Å²) in [5.41, 5.74) is 4.09. The van der Waals surface area contributed by atoms with E-state index < -0.39 is 0 Å². The SMILES string of the molecule is COc1cc2ccc(C)c(OC)c2cc1C=CC#N.COc1cc2ccc(C)c(OC)c2cc1CCC#N. The summed E-state index contributed by atoms with van der Waals surface area (Å²) >= 11 is 0. The average molecular weight is 509 g/mol. The van der Waals surface area contributed by atoms with Crippen molar-refractivity contribution >= 4 is 27.6 Å². The van der Waals surface area contributed by atoms with Crippen LogP contribution >= 0.6 is 0 Å². The van der Waals surface area contributed by atoms with E-state index in [1.54, 1.807) is 34.5 Å². The van der Waals surface area contributed by atoms with Crippen LogP contribution in [0.15, 0.2) is 54.6 Å². The second-order valence-corrected chi connectivity index (χ2v) is 8.65. The molecule has 0 bridgehead atoms. The predicted molar refractivity (Wildman–Crippen MR) is 152 cm³/mol. The Morgan fingerprint density at radius 1 is 0.711 bits per heavy atom.